The first kappa shape index (κ1) is 15.9. The molecule has 1 fully saturated rings. The first-order valence-corrected chi connectivity index (χ1v) is 8.73. The highest BCUT2D eigenvalue weighted by Gasteiger charge is 2.45. The van der Waals surface area contributed by atoms with Crippen LogP contribution in [0.3, 0.4) is 0 Å². The summed E-state index contributed by atoms with van der Waals surface area (Å²) in [6.45, 7) is 3.12. The lowest BCUT2D eigenvalue weighted by Crippen LogP contribution is -2.40. The van der Waals surface area contributed by atoms with Crippen molar-refractivity contribution in [3.05, 3.63) is 53.3 Å². The molecule has 2 aromatic rings. The average Bonchev–Trinajstić information content (AvgIpc) is 3.08. The van der Waals surface area contributed by atoms with E-state index >= 15 is 0 Å². The van der Waals surface area contributed by atoms with Crippen molar-refractivity contribution < 1.29 is 9.59 Å². The number of hydrogen-bond acceptors (Lipinski definition) is 3. The molecule has 0 saturated heterocycles. The maximum Gasteiger partial charge on any atom is 0.272 e. The van der Waals surface area contributed by atoms with E-state index in [1.165, 1.54) is 0 Å². The van der Waals surface area contributed by atoms with Gasteiger partial charge in [-0.25, -0.2) is 0 Å². The van der Waals surface area contributed by atoms with Gasteiger partial charge < -0.3 is 10.6 Å². The molecule has 2 N–H and O–H groups in total. The zero-order valence-electron chi connectivity index (χ0n) is 14.3. The summed E-state index contributed by atoms with van der Waals surface area (Å²) in [6.07, 6.45) is 2.67. The summed E-state index contributed by atoms with van der Waals surface area (Å²) in [7, 11) is 0. The zero-order valence-corrected chi connectivity index (χ0v) is 14.3. The Kier molecular flexibility index (Phi) is 3.82. The molecule has 1 saturated carbocycles. The number of hydrogen-bond donors (Lipinski definition) is 2. The van der Waals surface area contributed by atoms with Gasteiger partial charge in [0.1, 0.15) is 5.69 Å². The van der Waals surface area contributed by atoms with E-state index in [4.69, 9.17) is 0 Å². The van der Waals surface area contributed by atoms with Crippen LogP contribution in [0.4, 0.5) is 0 Å². The number of aromatic nitrogens is 2. The fraction of sp³-hybridized carbons (Fsp3) is 0.421. The Balaban J connectivity index is 1.33. The van der Waals surface area contributed by atoms with Gasteiger partial charge in [-0.15, -0.1) is 0 Å². The molecule has 25 heavy (non-hydrogen) atoms. The van der Waals surface area contributed by atoms with E-state index in [1.54, 1.807) is 0 Å². The van der Waals surface area contributed by atoms with Crippen LogP contribution < -0.4 is 10.6 Å². The number of carbonyl (C=O) groups excluding carboxylic acids is 2. The summed E-state index contributed by atoms with van der Waals surface area (Å²) < 4.78 is 1.83. The van der Waals surface area contributed by atoms with Gasteiger partial charge in [-0.05, 0) is 24.5 Å². The molecule has 130 valence electrons. The summed E-state index contributed by atoms with van der Waals surface area (Å²) in [5, 5.41) is 10.4. The van der Waals surface area contributed by atoms with Crippen LogP contribution in [-0.4, -0.2) is 27.6 Å². The third kappa shape index (κ3) is 3.29. The van der Waals surface area contributed by atoms with E-state index in [0.29, 0.717) is 18.8 Å². The van der Waals surface area contributed by atoms with Gasteiger partial charge >= 0.3 is 0 Å². The Morgan fingerprint density at radius 2 is 2.04 bits per heavy atom. The molecule has 4 rings (SSSR count). The predicted molar refractivity (Wildman–Crippen MR) is 92.8 cm³/mol. The van der Waals surface area contributed by atoms with Crippen molar-refractivity contribution in [2.45, 2.75) is 45.3 Å². The molecule has 2 heterocycles. The van der Waals surface area contributed by atoms with Crippen LogP contribution >= 0.6 is 0 Å². The number of carbonyl (C=O) groups is 2. The van der Waals surface area contributed by atoms with Crippen LogP contribution in [0.25, 0.3) is 0 Å². The molecule has 6 nitrogen and oxygen atoms in total. The van der Waals surface area contributed by atoms with E-state index in [1.807, 2.05) is 48.0 Å². The van der Waals surface area contributed by atoms with Gasteiger partial charge in [0.2, 0.25) is 5.91 Å². The molecule has 1 aromatic heterocycles. The molecular weight excluding hydrogens is 316 g/mol. The topological polar surface area (TPSA) is 76.0 Å². The van der Waals surface area contributed by atoms with E-state index in [2.05, 4.69) is 15.7 Å². The fourth-order valence-corrected chi connectivity index (χ4v) is 3.15. The molecule has 6 heteroatoms. The SMILES string of the molecule is CC1(C(=O)N[C@H]2Cc3cc(C(=O)NCc4ccccc4)nn3C2)CC1. The van der Waals surface area contributed by atoms with Crippen LogP contribution in [0.1, 0.15) is 41.5 Å². The van der Waals surface area contributed by atoms with Gasteiger partial charge in [0.25, 0.3) is 5.91 Å². The smallest absolute Gasteiger partial charge is 0.272 e. The first-order chi connectivity index (χ1) is 12.0. The summed E-state index contributed by atoms with van der Waals surface area (Å²) in [5.74, 6) is -0.0269. The highest BCUT2D eigenvalue weighted by molar-refractivity contribution is 5.92. The molecule has 0 radical (unpaired) electrons. The third-order valence-electron chi connectivity index (χ3n) is 5.12. The maximum absolute atomic E-state index is 12.3. The van der Waals surface area contributed by atoms with E-state index in [0.717, 1.165) is 30.5 Å². The largest absolute Gasteiger partial charge is 0.351 e. The summed E-state index contributed by atoms with van der Waals surface area (Å²) in [5.41, 5.74) is 2.33. The molecule has 1 atom stereocenters. The molecule has 2 amide bonds. The molecule has 1 aromatic carbocycles. The van der Waals surface area contributed by atoms with E-state index < -0.39 is 0 Å². The number of fused-ring (bicyclic) bond motifs is 1. The number of nitrogens with one attached hydrogen (secondary N) is 2. The van der Waals surface area contributed by atoms with Crippen molar-refractivity contribution >= 4 is 11.8 Å². The van der Waals surface area contributed by atoms with Crippen molar-refractivity contribution in [3.63, 3.8) is 0 Å². The Morgan fingerprint density at radius 1 is 1.28 bits per heavy atom. The van der Waals surface area contributed by atoms with Gasteiger partial charge in [-0.2, -0.15) is 5.10 Å². The van der Waals surface area contributed by atoms with Gasteiger partial charge in [0, 0.05) is 24.1 Å². The van der Waals surface area contributed by atoms with Crippen molar-refractivity contribution in [3.8, 4) is 0 Å². The highest BCUT2D eigenvalue weighted by Crippen LogP contribution is 2.45. The molecule has 1 aliphatic heterocycles. The van der Waals surface area contributed by atoms with Crippen LogP contribution in [0.2, 0.25) is 0 Å². The number of amides is 2. The van der Waals surface area contributed by atoms with Crippen LogP contribution in [0.15, 0.2) is 36.4 Å². The Hall–Kier alpha value is -2.63. The maximum atomic E-state index is 12.3. The lowest BCUT2D eigenvalue weighted by atomic mass is 10.1. The van der Waals surface area contributed by atoms with Gasteiger partial charge in [-0.3, -0.25) is 14.3 Å². The van der Waals surface area contributed by atoms with Crippen LogP contribution in [-0.2, 0) is 24.3 Å². The van der Waals surface area contributed by atoms with E-state index in [-0.39, 0.29) is 23.3 Å². The zero-order chi connectivity index (χ0) is 17.4. The molecule has 1 aliphatic carbocycles. The highest BCUT2D eigenvalue weighted by atomic mass is 16.2. The van der Waals surface area contributed by atoms with Crippen LogP contribution in [0.5, 0.6) is 0 Å². The number of nitrogens with zero attached hydrogens (tertiary/aromatic N) is 2. The minimum Gasteiger partial charge on any atom is -0.351 e. The number of benzene rings is 1. The summed E-state index contributed by atoms with van der Waals surface area (Å²) in [6, 6.07) is 11.7. The second-order valence-electron chi connectivity index (χ2n) is 7.31. The van der Waals surface area contributed by atoms with Gasteiger partial charge in [0.05, 0.1) is 12.6 Å². The average molecular weight is 338 g/mol. The second-order valence-corrected chi connectivity index (χ2v) is 7.31. The molecule has 2 aliphatic rings. The third-order valence-corrected chi connectivity index (χ3v) is 5.12. The van der Waals surface area contributed by atoms with Crippen LogP contribution in [0, 0.1) is 5.41 Å². The minimum atomic E-state index is -0.170. The molecule has 0 unspecified atom stereocenters. The van der Waals surface area contributed by atoms with Crippen molar-refractivity contribution in [1.82, 2.24) is 20.4 Å². The summed E-state index contributed by atoms with van der Waals surface area (Å²) >= 11 is 0. The van der Waals surface area contributed by atoms with Gasteiger partial charge in [0.15, 0.2) is 0 Å². The summed E-state index contributed by atoms with van der Waals surface area (Å²) in [4.78, 5) is 24.4. The van der Waals surface area contributed by atoms with Crippen molar-refractivity contribution in [2.75, 3.05) is 0 Å². The monoisotopic (exact) mass is 338 g/mol. The van der Waals surface area contributed by atoms with Crippen molar-refractivity contribution in [2.24, 2.45) is 5.41 Å². The second kappa shape index (κ2) is 6.02. The molecule has 0 spiro atoms. The minimum absolute atomic E-state index is 0.0776. The lowest BCUT2D eigenvalue weighted by molar-refractivity contribution is -0.126. The quantitative estimate of drug-likeness (QED) is 0.870. The lowest BCUT2D eigenvalue weighted by Gasteiger charge is -2.15. The molecular formula is C19H22N4O2. The van der Waals surface area contributed by atoms with Crippen molar-refractivity contribution in [1.29, 1.82) is 0 Å². The standard InChI is InChI=1S/C19H22N4O2/c1-19(7-8-19)18(25)21-14-9-15-10-16(22-23(15)12-14)17(24)20-11-13-5-3-2-4-6-13/h2-6,10,14H,7-9,11-12H2,1H3,(H,20,24)(H,21,25)/t14-/m0/s1. The Bertz CT molecular complexity index is 785. The number of rotatable bonds is 5. The Morgan fingerprint density at radius 3 is 2.72 bits per heavy atom. The van der Waals surface area contributed by atoms with E-state index in [9.17, 15) is 9.59 Å². The molecule has 0 bridgehead atoms. The normalized spacial score (nSPS) is 20.0. The predicted octanol–water partition coefficient (Wildman–Crippen LogP) is 1.65. The Labute approximate surface area is 146 Å². The van der Waals surface area contributed by atoms with Gasteiger partial charge in [-0.1, -0.05) is 37.3 Å². The first-order valence-electron chi connectivity index (χ1n) is 8.73. The fourth-order valence-electron chi connectivity index (χ4n) is 3.15.